The van der Waals surface area contributed by atoms with Gasteiger partial charge in [-0.25, -0.2) is 0 Å². The molecule has 0 aliphatic carbocycles. The van der Waals surface area contributed by atoms with E-state index in [-0.39, 0.29) is 40.6 Å². The standard InChI is InChI=1S/C20H27N5O3S.HI/c1-15-6-7-19(29-15)18(24-8-10-28-11-9-24)14-23-20(21-2)22-13-16-4-3-5-17(12-16)25(26)27;/h3-7,12,18H,8-11,13-14H2,1-2H3,(H2,21,22,23);1H. The van der Waals surface area contributed by atoms with Gasteiger partial charge in [-0.05, 0) is 24.6 Å². The third-order valence-electron chi connectivity index (χ3n) is 4.84. The Balaban J connectivity index is 0.00000320. The molecule has 2 heterocycles. The molecule has 1 saturated heterocycles. The van der Waals surface area contributed by atoms with Crippen LogP contribution >= 0.6 is 35.3 Å². The molecule has 10 heteroatoms. The topological polar surface area (TPSA) is 92.0 Å². The number of aryl methyl sites for hydroxylation is 1. The molecule has 8 nitrogen and oxygen atoms in total. The number of halogens is 1. The first-order chi connectivity index (χ1) is 14.1. The van der Waals surface area contributed by atoms with Crippen LogP contribution in [0.3, 0.4) is 0 Å². The van der Waals surface area contributed by atoms with Crippen LogP contribution in [0, 0.1) is 17.0 Å². The van der Waals surface area contributed by atoms with Gasteiger partial charge in [-0.1, -0.05) is 12.1 Å². The van der Waals surface area contributed by atoms with E-state index in [0.717, 1.165) is 31.9 Å². The lowest BCUT2D eigenvalue weighted by molar-refractivity contribution is -0.384. The predicted molar refractivity (Wildman–Crippen MR) is 131 cm³/mol. The molecule has 0 bridgehead atoms. The Kier molecular flexibility index (Phi) is 9.95. The Hall–Kier alpha value is -1.76. The van der Waals surface area contributed by atoms with E-state index in [1.54, 1.807) is 19.2 Å². The minimum absolute atomic E-state index is 0. The Morgan fingerprint density at radius 1 is 1.30 bits per heavy atom. The molecule has 30 heavy (non-hydrogen) atoms. The maximum Gasteiger partial charge on any atom is 0.269 e. The van der Waals surface area contributed by atoms with Crippen LogP contribution in [0.5, 0.6) is 0 Å². The molecule has 0 amide bonds. The number of guanidine groups is 1. The largest absolute Gasteiger partial charge is 0.379 e. The van der Waals surface area contributed by atoms with Crippen molar-refractivity contribution in [2.75, 3.05) is 39.9 Å². The van der Waals surface area contributed by atoms with Crippen molar-refractivity contribution < 1.29 is 9.66 Å². The number of hydrogen-bond acceptors (Lipinski definition) is 6. The van der Waals surface area contributed by atoms with E-state index in [4.69, 9.17) is 4.74 Å². The van der Waals surface area contributed by atoms with Crippen LogP contribution in [-0.4, -0.2) is 55.7 Å². The highest BCUT2D eigenvalue weighted by Gasteiger charge is 2.24. The van der Waals surface area contributed by atoms with E-state index in [1.807, 2.05) is 17.4 Å². The maximum absolute atomic E-state index is 10.9. The van der Waals surface area contributed by atoms with Gasteiger partial charge in [0.25, 0.3) is 5.69 Å². The van der Waals surface area contributed by atoms with Crippen molar-refractivity contribution in [1.29, 1.82) is 0 Å². The summed E-state index contributed by atoms with van der Waals surface area (Å²) in [4.78, 5) is 19.9. The summed E-state index contributed by atoms with van der Waals surface area (Å²) in [6.45, 7) is 6.61. The second-order valence-corrected chi connectivity index (χ2v) is 8.17. The molecule has 1 aromatic carbocycles. The van der Waals surface area contributed by atoms with Crippen molar-refractivity contribution in [2.24, 2.45) is 4.99 Å². The fraction of sp³-hybridized carbons (Fsp3) is 0.450. The Labute approximate surface area is 197 Å². The van der Waals surface area contributed by atoms with Crippen LogP contribution in [0.2, 0.25) is 0 Å². The lowest BCUT2D eigenvalue weighted by Crippen LogP contribution is -2.46. The molecule has 1 unspecified atom stereocenters. The average Bonchev–Trinajstić information content (AvgIpc) is 3.17. The van der Waals surface area contributed by atoms with E-state index in [9.17, 15) is 10.1 Å². The lowest BCUT2D eigenvalue weighted by atomic mass is 10.2. The van der Waals surface area contributed by atoms with Crippen LogP contribution in [0.15, 0.2) is 41.4 Å². The number of morpholine rings is 1. The van der Waals surface area contributed by atoms with E-state index in [2.05, 4.69) is 39.6 Å². The van der Waals surface area contributed by atoms with E-state index in [1.165, 1.54) is 15.8 Å². The zero-order chi connectivity index (χ0) is 20.6. The number of nitro groups is 1. The van der Waals surface area contributed by atoms with Crippen molar-refractivity contribution >= 4 is 47.0 Å². The molecule has 2 N–H and O–H groups in total. The lowest BCUT2D eigenvalue weighted by Gasteiger charge is -2.34. The van der Waals surface area contributed by atoms with Crippen molar-refractivity contribution in [1.82, 2.24) is 15.5 Å². The smallest absolute Gasteiger partial charge is 0.269 e. The number of thiophene rings is 1. The summed E-state index contributed by atoms with van der Waals surface area (Å²) in [5.74, 6) is 0.669. The fourth-order valence-corrected chi connectivity index (χ4v) is 4.32. The second-order valence-electron chi connectivity index (χ2n) is 6.85. The second kappa shape index (κ2) is 12.2. The summed E-state index contributed by atoms with van der Waals surface area (Å²) >= 11 is 1.82. The summed E-state index contributed by atoms with van der Waals surface area (Å²) < 4.78 is 5.51. The fourth-order valence-electron chi connectivity index (χ4n) is 3.31. The molecule has 1 aliphatic rings. The Bertz CT molecular complexity index is 854. The van der Waals surface area contributed by atoms with Gasteiger partial charge in [0.1, 0.15) is 0 Å². The van der Waals surface area contributed by atoms with Crippen LogP contribution < -0.4 is 10.6 Å². The van der Waals surface area contributed by atoms with Crippen molar-refractivity contribution in [3.05, 3.63) is 61.8 Å². The van der Waals surface area contributed by atoms with Crippen LogP contribution in [-0.2, 0) is 11.3 Å². The van der Waals surface area contributed by atoms with Gasteiger partial charge in [0.15, 0.2) is 5.96 Å². The zero-order valence-corrected chi connectivity index (χ0v) is 20.3. The van der Waals surface area contributed by atoms with Gasteiger partial charge in [0, 0.05) is 55.1 Å². The third kappa shape index (κ3) is 6.89. The van der Waals surface area contributed by atoms with Crippen molar-refractivity contribution in [3.8, 4) is 0 Å². The molecule has 1 aromatic heterocycles. The molecule has 164 valence electrons. The molecule has 1 aliphatic heterocycles. The van der Waals surface area contributed by atoms with Crippen molar-refractivity contribution in [2.45, 2.75) is 19.5 Å². The summed E-state index contributed by atoms with van der Waals surface area (Å²) in [6.07, 6.45) is 0. The van der Waals surface area contributed by atoms with Crippen LogP contribution in [0.25, 0.3) is 0 Å². The first-order valence-corrected chi connectivity index (χ1v) is 10.4. The van der Waals surface area contributed by atoms with Gasteiger partial charge in [-0.3, -0.25) is 20.0 Å². The number of nitrogens with one attached hydrogen (secondary N) is 2. The molecule has 0 spiro atoms. The summed E-state index contributed by atoms with van der Waals surface area (Å²) in [5, 5.41) is 17.6. The van der Waals surface area contributed by atoms with Crippen molar-refractivity contribution in [3.63, 3.8) is 0 Å². The third-order valence-corrected chi connectivity index (χ3v) is 5.95. The number of nitrogens with zero attached hydrogens (tertiary/aromatic N) is 3. The summed E-state index contributed by atoms with van der Waals surface area (Å²) in [5.41, 5.74) is 0.924. The molecular weight excluding hydrogens is 517 g/mol. The van der Waals surface area contributed by atoms with Crippen LogP contribution in [0.4, 0.5) is 5.69 Å². The number of ether oxygens (including phenoxy) is 1. The van der Waals surface area contributed by atoms with Gasteiger partial charge in [-0.15, -0.1) is 35.3 Å². The normalized spacial score (nSPS) is 15.9. The Morgan fingerprint density at radius 3 is 2.70 bits per heavy atom. The highest BCUT2D eigenvalue weighted by molar-refractivity contribution is 14.0. The molecule has 2 aromatic rings. The average molecular weight is 545 g/mol. The molecular formula is C20H28IN5O3S. The molecule has 0 saturated carbocycles. The first kappa shape index (κ1) is 24.5. The first-order valence-electron chi connectivity index (χ1n) is 9.63. The van der Waals surface area contributed by atoms with Gasteiger partial charge in [-0.2, -0.15) is 0 Å². The number of non-ortho nitro benzene ring substituents is 1. The van der Waals surface area contributed by atoms with Gasteiger partial charge in [0.05, 0.1) is 24.2 Å². The minimum atomic E-state index is -0.382. The molecule has 1 atom stereocenters. The number of rotatable bonds is 7. The van der Waals surface area contributed by atoms with E-state index >= 15 is 0 Å². The number of benzene rings is 1. The van der Waals surface area contributed by atoms with Gasteiger partial charge in [0.2, 0.25) is 0 Å². The maximum atomic E-state index is 10.9. The summed E-state index contributed by atoms with van der Waals surface area (Å²) in [6, 6.07) is 11.2. The minimum Gasteiger partial charge on any atom is -0.379 e. The quantitative estimate of drug-likeness (QED) is 0.182. The van der Waals surface area contributed by atoms with E-state index < -0.39 is 0 Å². The van der Waals surface area contributed by atoms with Gasteiger partial charge >= 0.3 is 0 Å². The molecule has 1 fully saturated rings. The highest BCUT2D eigenvalue weighted by Crippen LogP contribution is 2.27. The van der Waals surface area contributed by atoms with Gasteiger partial charge < -0.3 is 15.4 Å². The van der Waals surface area contributed by atoms with Crippen LogP contribution in [0.1, 0.15) is 21.4 Å². The highest BCUT2D eigenvalue weighted by atomic mass is 127. The summed E-state index contributed by atoms with van der Waals surface area (Å²) in [7, 11) is 1.72. The number of aliphatic imine (C=N–C) groups is 1. The number of hydrogen-bond donors (Lipinski definition) is 2. The molecule has 3 rings (SSSR count). The Morgan fingerprint density at radius 2 is 2.07 bits per heavy atom. The molecule has 0 radical (unpaired) electrons. The number of nitro benzene ring substituents is 1. The van der Waals surface area contributed by atoms with E-state index in [0.29, 0.717) is 19.0 Å². The predicted octanol–water partition coefficient (Wildman–Crippen LogP) is 3.32. The SMILES string of the molecule is CN=C(NCc1cccc([N+](=O)[O-])c1)NCC(c1ccc(C)s1)N1CCOCC1.I. The zero-order valence-electron chi connectivity index (χ0n) is 17.2. The monoisotopic (exact) mass is 545 g/mol.